The maximum atomic E-state index is 11.0. The lowest BCUT2D eigenvalue weighted by Crippen LogP contribution is -2.40. The highest BCUT2D eigenvalue weighted by molar-refractivity contribution is 5.56. The molecule has 5 rings (SSSR count). The number of piperidine rings is 1. The van der Waals surface area contributed by atoms with Gasteiger partial charge in [0.05, 0.1) is 0 Å². The summed E-state index contributed by atoms with van der Waals surface area (Å²) in [5.74, 6) is 1.07. The predicted molar refractivity (Wildman–Crippen MR) is 112 cm³/mol. The van der Waals surface area contributed by atoms with Crippen molar-refractivity contribution in [2.75, 3.05) is 18.0 Å². The lowest BCUT2D eigenvalue weighted by atomic mass is 9.52. The molecule has 0 aromatic heterocycles. The van der Waals surface area contributed by atoms with Gasteiger partial charge >= 0.3 is 0 Å². The molecule has 1 N–H and O–H groups in total. The lowest BCUT2D eigenvalue weighted by Gasteiger charge is -2.52. The van der Waals surface area contributed by atoms with E-state index in [4.69, 9.17) is 0 Å². The van der Waals surface area contributed by atoms with Gasteiger partial charge in [-0.05, 0) is 84.9 Å². The number of fused-ring (bicyclic) bond motifs is 1. The molecule has 3 heteroatoms. The Morgan fingerprint density at radius 3 is 2.39 bits per heavy atom. The van der Waals surface area contributed by atoms with Crippen LogP contribution in [0.5, 0.6) is 5.75 Å². The molecule has 3 aliphatic rings. The van der Waals surface area contributed by atoms with Crippen molar-refractivity contribution in [3.05, 3.63) is 59.2 Å². The molecular weight excluding hydrogens is 346 g/mol. The standard InChI is InChI=1S/C25H29NO2/c27-17-18-9-14-26(15-10-18)21-4-2-19(3-5-21)24-23-7-6-22(28)16-20(23)8-13-25(24)11-1-12-25/h2-7,16-18,24,28H,1,8-15H2/t24-/m0/s1. The number of aryl methyl sites for hydroxylation is 1. The molecule has 1 heterocycles. The first-order valence-electron chi connectivity index (χ1n) is 10.8. The van der Waals surface area contributed by atoms with Gasteiger partial charge in [0.1, 0.15) is 12.0 Å². The zero-order valence-corrected chi connectivity index (χ0v) is 16.4. The van der Waals surface area contributed by atoms with Crippen LogP contribution < -0.4 is 4.90 Å². The molecule has 2 aromatic carbocycles. The number of nitrogens with zero attached hydrogens (tertiary/aromatic N) is 1. The molecule has 0 bridgehead atoms. The van der Waals surface area contributed by atoms with Crippen molar-refractivity contribution >= 4 is 12.0 Å². The summed E-state index contributed by atoms with van der Waals surface area (Å²) in [5.41, 5.74) is 5.84. The van der Waals surface area contributed by atoms with E-state index in [9.17, 15) is 9.90 Å². The Labute approximate surface area is 167 Å². The number of carbonyl (C=O) groups is 1. The van der Waals surface area contributed by atoms with Crippen LogP contribution in [0, 0.1) is 11.3 Å². The van der Waals surface area contributed by atoms with E-state index >= 15 is 0 Å². The maximum absolute atomic E-state index is 11.0. The molecule has 1 spiro atoms. The predicted octanol–water partition coefficient (Wildman–Crippen LogP) is 5.06. The van der Waals surface area contributed by atoms with Crippen LogP contribution in [-0.4, -0.2) is 24.5 Å². The average molecular weight is 376 g/mol. The van der Waals surface area contributed by atoms with Gasteiger partial charge in [-0.1, -0.05) is 24.6 Å². The summed E-state index contributed by atoms with van der Waals surface area (Å²) in [7, 11) is 0. The number of aromatic hydroxyl groups is 1. The number of phenolic OH excluding ortho intramolecular Hbond substituents is 1. The number of hydrogen-bond donors (Lipinski definition) is 1. The Bertz CT molecular complexity index is 861. The summed E-state index contributed by atoms with van der Waals surface area (Å²) in [6, 6.07) is 15.2. The molecule has 1 atom stereocenters. The van der Waals surface area contributed by atoms with Crippen molar-refractivity contribution in [1.29, 1.82) is 0 Å². The fourth-order valence-electron chi connectivity index (χ4n) is 5.82. The third-order valence-electron chi connectivity index (χ3n) is 7.62. The quantitative estimate of drug-likeness (QED) is 0.763. The highest BCUT2D eigenvalue weighted by atomic mass is 16.3. The molecule has 3 nitrogen and oxygen atoms in total. The minimum atomic E-state index is 0.240. The summed E-state index contributed by atoms with van der Waals surface area (Å²) in [5, 5.41) is 9.94. The first-order valence-corrected chi connectivity index (χ1v) is 10.8. The molecule has 2 fully saturated rings. The molecule has 146 valence electrons. The smallest absolute Gasteiger partial charge is 0.123 e. The SMILES string of the molecule is O=CC1CCN(c2ccc([C@H]3c4ccc(O)cc4CCC34CCC4)cc2)CC1. The van der Waals surface area contributed by atoms with Gasteiger partial charge in [-0.3, -0.25) is 0 Å². The molecule has 1 saturated carbocycles. The number of carbonyl (C=O) groups excluding carboxylic acids is 1. The first kappa shape index (κ1) is 17.8. The number of hydrogen-bond acceptors (Lipinski definition) is 3. The van der Waals surface area contributed by atoms with E-state index in [0.29, 0.717) is 17.1 Å². The molecular formula is C25H29NO2. The molecule has 0 amide bonds. The summed E-state index contributed by atoms with van der Waals surface area (Å²) in [4.78, 5) is 13.4. The van der Waals surface area contributed by atoms with Crippen molar-refractivity contribution < 1.29 is 9.90 Å². The van der Waals surface area contributed by atoms with Gasteiger partial charge in [0.2, 0.25) is 0 Å². The van der Waals surface area contributed by atoms with E-state index in [1.165, 1.54) is 48.1 Å². The molecule has 1 aliphatic heterocycles. The van der Waals surface area contributed by atoms with E-state index in [-0.39, 0.29) is 5.92 Å². The average Bonchev–Trinajstić information content (AvgIpc) is 2.72. The van der Waals surface area contributed by atoms with Crippen LogP contribution in [0.4, 0.5) is 5.69 Å². The van der Waals surface area contributed by atoms with Crippen LogP contribution in [0.25, 0.3) is 0 Å². The second-order valence-electron chi connectivity index (χ2n) is 9.08. The van der Waals surface area contributed by atoms with Gasteiger partial charge in [-0.25, -0.2) is 0 Å². The second-order valence-corrected chi connectivity index (χ2v) is 9.08. The van der Waals surface area contributed by atoms with Gasteiger partial charge in [0.25, 0.3) is 0 Å². The summed E-state index contributed by atoms with van der Waals surface area (Å²) >= 11 is 0. The summed E-state index contributed by atoms with van der Waals surface area (Å²) in [6.07, 6.45) is 9.35. The van der Waals surface area contributed by atoms with E-state index in [0.717, 1.165) is 38.6 Å². The van der Waals surface area contributed by atoms with Crippen LogP contribution in [0.2, 0.25) is 0 Å². The number of aldehydes is 1. The Hall–Kier alpha value is -2.29. The van der Waals surface area contributed by atoms with Crippen LogP contribution in [0.15, 0.2) is 42.5 Å². The van der Waals surface area contributed by atoms with Crippen LogP contribution >= 0.6 is 0 Å². The fourth-order valence-corrected chi connectivity index (χ4v) is 5.82. The summed E-state index contributed by atoms with van der Waals surface area (Å²) < 4.78 is 0. The van der Waals surface area contributed by atoms with Crippen molar-refractivity contribution in [3.63, 3.8) is 0 Å². The monoisotopic (exact) mass is 375 g/mol. The highest BCUT2D eigenvalue weighted by Crippen LogP contribution is 2.60. The van der Waals surface area contributed by atoms with Gasteiger partial charge in [-0.15, -0.1) is 0 Å². The van der Waals surface area contributed by atoms with Crippen LogP contribution in [-0.2, 0) is 11.2 Å². The minimum Gasteiger partial charge on any atom is -0.508 e. The zero-order valence-electron chi connectivity index (χ0n) is 16.4. The van der Waals surface area contributed by atoms with Crippen molar-refractivity contribution in [2.24, 2.45) is 11.3 Å². The lowest BCUT2D eigenvalue weighted by molar-refractivity contribution is -0.111. The molecule has 28 heavy (non-hydrogen) atoms. The van der Waals surface area contributed by atoms with E-state index < -0.39 is 0 Å². The number of phenols is 1. The molecule has 2 aliphatic carbocycles. The van der Waals surface area contributed by atoms with E-state index in [1.54, 1.807) is 0 Å². The van der Waals surface area contributed by atoms with Gasteiger partial charge < -0.3 is 14.8 Å². The van der Waals surface area contributed by atoms with Crippen molar-refractivity contribution in [2.45, 2.75) is 50.9 Å². The zero-order chi connectivity index (χ0) is 19.1. The summed E-state index contributed by atoms with van der Waals surface area (Å²) in [6.45, 7) is 1.94. The Morgan fingerprint density at radius 2 is 1.75 bits per heavy atom. The third kappa shape index (κ3) is 2.92. The molecule has 2 aromatic rings. The topological polar surface area (TPSA) is 40.5 Å². The van der Waals surface area contributed by atoms with Gasteiger partial charge in [0.15, 0.2) is 0 Å². The molecule has 0 radical (unpaired) electrons. The van der Waals surface area contributed by atoms with Crippen molar-refractivity contribution in [3.8, 4) is 5.75 Å². The highest BCUT2D eigenvalue weighted by Gasteiger charge is 2.47. The van der Waals surface area contributed by atoms with Crippen LogP contribution in [0.3, 0.4) is 0 Å². The number of anilines is 1. The second kappa shape index (κ2) is 6.95. The first-order chi connectivity index (χ1) is 13.7. The Morgan fingerprint density at radius 1 is 1.00 bits per heavy atom. The van der Waals surface area contributed by atoms with E-state index in [1.807, 2.05) is 12.1 Å². The Kier molecular flexibility index (Phi) is 4.41. The van der Waals surface area contributed by atoms with Gasteiger partial charge in [-0.2, -0.15) is 0 Å². The normalized spacial score (nSPS) is 23.9. The van der Waals surface area contributed by atoms with Gasteiger partial charge in [0, 0.05) is 30.6 Å². The molecule has 0 unspecified atom stereocenters. The Balaban J connectivity index is 1.44. The van der Waals surface area contributed by atoms with E-state index in [2.05, 4.69) is 35.2 Å². The van der Waals surface area contributed by atoms with Crippen LogP contribution in [0.1, 0.15) is 61.1 Å². The maximum Gasteiger partial charge on any atom is 0.123 e. The molecule has 1 saturated heterocycles. The third-order valence-corrected chi connectivity index (χ3v) is 7.62. The fraction of sp³-hybridized carbons (Fsp3) is 0.480. The minimum absolute atomic E-state index is 0.240. The number of benzene rings is 2. The van der Waals surface area contributed by atoms with Crippen molar-refractivity contribution in [1.82, 2.24) is 0 Å². The largest absolute Gasteiger partial charge is 0.508 e. The number of rotatable bonds is 3.